The Morgan fingerprint density at radius 3 is 2.55 bits per heavy atom. The summed E-state index contributed by atoms with van der Waals surface area (Å²) in [6, 6.07) is 11.0. The maximum atomic E-state index is 12.4. The Morgan fingerprint density at radius 1 is 1.23 bits per heavy atom. The zero-order valence-electron chi connectivity index (χ0n) is 12.4. The summed E-state index contributed by atoms with van der Waals surface area (Å²) in [6.07, 6.45) is 1.90. The van der Waals surface area contributed by atoms with Crippen molar-refractivity contribution in [2.45, 2.75) is 12.3 Å². The van der Waals surface area contributed by atoms with Crippen LogP contribution in [0.15, 0.2) is 47.2 Å². The number of carbonyl (C=O) groups is 1. The molecule has 0 aliphatic rings. The molecule has 22 heavy (non-hydrogen) atoms. The largest absolute Gasteiger partial charge is 0.355 e. The minimum Gasteiger partial charge on any atom is -0.355 e. The molecule has 0 bridgehead atoms. The van der Waals surface area contributed by atoms with Crippen LogP contribution in [0.5, 0.6) is 0 Å². The molecule has 6 heteroatoms. The first-order valence-electron chi connectivity index (χ1n) is 6.97. The molecular weight excluding hydrogens is 318 g/mol. The number of hydrogen-bond donors (Lipinski definition) is 1. The van der Waals surface area contributed by atoms with Crippen LogP contribution in [0.25, 0.3) is 0 Å². The van der Waals surface area contributed by atoms with E-state index in [-0.39, 0.29) is 11.7 Å². The molecule has 0 aliphatic heterocycles. The highest BCUT2D eigenvalue weighted by Gasteiger charge is 2.24. The average Bonchev–Trinajstić information content (AvgIpc) is 2.98. The van der Waals surface area contributed by atoms with Crippen molar-refractivity contribution in [3.63, 3.8) is 0 Å². The second-order valence-corrected chi connectivity index (χ2v) is 8.19. The summed E-state index contributed by atoms with van der Waals surface area (Å²) in [5, 5.41) is 6.88. The number of thiophene rings is 1. The van der Waals surface area contributed by atoms with Crippen LogP contribution in [0.4, 0.5) is 0 Å². The third kappa shape index (κ3) is 5.27. The Labute approximate surface area is 135 Å². The van der Waals surface area contributed by atoms with E-state index in [1.54, 1.807) is 23.5 Å². The predicted octanol–water partition coefficient (Wildman–Crippen LogP) is 2.24. The second kappa shape index (κ2) is 7.56. The van der Waals surface area contributed by atoms with Crippen molar-refractivity contribution in [1.29, 1.82) is 0 Å². The number of hydrogen-bond acceptors (Lipinski definition) is 4. The fourth-order valence-electron chi connectivity index (χ4n) is 2.20. The summed E-state index contributed by atoms with van der Waals surface area (Å²) in [6.45, 7) is 0.503. The van der Waals surface area contributed by atoms with Crippen LogP contribution in [0, 0.1) is 0 Å². The van der Waals surface area contributed by atoms with Gasteiger partial charge in [-0.25, -0.2) is 8.42 Å². The van der Waals surface area contributed by atoms with Crippen LogP contribution in [-0.2, 0) is 21.1 Å². The molecular formula is C16H19NO3S2. The van der Waals surface area contributed by atoms with E-state index in [0.29, 0.717) is 6.54 Å². The van der Waals surface area contributed by atoms with Crippen molar-refractivity contribution in [2.75, 3.05) is 18.6 Å². The fourth-order valence-corrected chi connectivity index (χ4v) is 3.85. The Kier molecular flexibility index (Phi) is 5.74. The first kappa shape index (κ1) is 16.7. The van der Waals surface area contributed by atoms with Gasteiger partial charge in [0.2, 0.25) is 5.91 Å². The monoisotopic (exact) mass is 337 g/mol. The molecule has 0 saturated carbocycles. The number of nitrogens with one attached hydrogen (secondary N) is 1. The van der Waals surface area contributed by atoms with Gasteiger partial charge in [-0.05, 0) is 34.4 Å². The van der Waals surface area contributed by atoms with Gasteiger partial charge in [0, 0.05) is 12.8 Å². The van der Waals surface area contributed by atoms with E-state index in [0.717, 1.165) is 18.2 Å². The highest BCUT2D eigenvalue weighted by atomic mass is 32.2. The van der Waals surface area contributed by atoms with E-state index in [2.05, 4.69) is 5.32 Å². The van der Waals surface area contributed by atoms with Crippen LogP contribution < -0.4 is 5.32 Å². The molecule has 0 fully saturated rings. The standard InChI is InChI=1S/C16H19NO3S2/c1-22(19,20)12-15(14-5-3-2-4-6-14)16(18)17-9-7-13-8-10-21-11-13/h2-6,8,10-11,15H,7,9,12H2,1H3,(H,17,18). The van der Waals surface area contributed by atoms with Gasteiger partial charge in [-0.3, -0.25) is 4.79 Å². The molecule has 0 saturated heterocycles. The van der Waals surface area contributed by atoms with Gasteiger partial charge in [-0.1, -0.05) is 30.3 Å². The van der Waals surface area contributed by atoms with Crippen molar-refractivity contribution >= 4 is 27.1 Å². The summed E-state index contributed by atoms with van der Waals surface area (Å²) in [5.74, 6) is -1.09. The Bertz CT molecular complexity index is 694. The first-order valence-corrected chi connectivity index (χ1v) is 9.97. The highest BCUT2D eigenvalue weighted by Crippen LogP contribution is 2.18. The molecule has 118 valence electrons. The number of sulfone groups is 1. The van der Waals surface area contributed by atoms with Gasteiger partial charge in [0.25, 0.3) is 0 Å². The van der Waals surface area contributed by atoms with Gasteiger partial charge >= 0.3 is 0 Å². The normalized spacial score (nSPS) is 12.8. The predicted molar refractivity (Wildman–Crippen MR) is 89.9 cm³/mol. The lowest BCUT2D eigenvalue weighted by Crippen LogP contribution is -2.34. The van der Waals surface area contributed by atoms with Crippen molar-refractivity contribution in [3.8, 4) is 0 Å². The van der Waals surface area contributed by atoms with Crippen LogP contribution >= 0.6 is 11.3 Å². The van der Waals surface area contributed by atoms with Crippen LogP contribution in [0.2, 0.25) is 0 Å². The molecule has 1 atom stereocenters. The van der Waals surface area contributed by atoms with E-state index in [4.69, 9.17) is 0 Å². The fraction of sp³-hybridized carbons (Fsp3) is 0.312. The average molecular weight is 337 g/mol. The SMILES string of the molecule is CS(=O)(=O)CC(C(=O)NCCc1ccsc1)c1ccccc1. The third-order valence-electron chi connectivity index (χ3n) is 3.28. The smallest absolute Gasteiger partial charge is 0.228 e. The third-order valence-corrected chi connectivity index (χ3v) is 4.95. The molecule has 1 heterocycles. The minimum atomic E-state index is -3.24. The van der Waals surface area contributed by atoms with Crippen LogP contribution in [-0.4, -0.2) is 32.9 Å². The molecule has 1 N–H and O–H groups in total. The molecule has 0 spiro atoms. The topological polar surface area (TPSA) is 63.2 Å². The molecule has 4 nitrogen and oxygen atoms in total. The summed E-state index contributed by atoms with van der Waals surface area (Å²) >= 11 is 1.62. The van der Waals surface area contributed by atoms with Crippen molar-refractivity contribution in [1.82, 2.24) is 5.32 Å². The Hall–Kier alpha value is -1.66. The van der Waals surface area contributed by atoms with Gasteiger partial charge in [0.15, 0.2) is 0 Å². The number of rotatable bonds is 7. The highest BCUT2D eigenvalue weighted by molar-refractivity contribution is 7.90. The number of carbonyl (C=O) groups excluding carboxylic acids is 1. The molecule has 1 amide bonds. The van der Waals surface area contributed by atoms with Crippen molar-refractivity contribution in [3.05, 3.63) is 58.3 Å². The molecule has 1 aromatic carbocycles. The summed E-state index contributed by atoms with van der Waals surface area (Å²) < 4.78 is 23.2. The maximum Gasteiger partial charge on any atom is 0.228 e. The van der Waals surface area contributed by atoms with Crippen LogP contribution in [0.3, 0.4) is 0 Å². The lowest BCUT2D eigenvalue weighted by atomic mass is 10.0. The first-order chi connectivity index (χ1) is 10.5. The van der Waals surface area contributed by atoms with Gasteiger partial charge in [0.05, 0.1) is 11.7 Å². The number of amides is 1. The lowest BCUT2D eigenvalue weighted by molar-refractivity contribution is -0.122. The lowest BCUT2D eigenvalue weighted by Gasteiger charge is -2.16. The van der Waals surface area contributed by atoms with Gasteiger partial charge in [0.1, 0.15) is 9.84 Å². The van der Waals surface area contributed by atoms with Crippen molar-refractivity contribution in [2.24, 2.45) is 0 Å². The summed E-state index contributed by atoms with van der Waals surface area (Å²) in [5.41, 5.74) is 1.89. The molecule has 1 unspecified atom stereocenters. The van der Waals surface area contributed by atoms with Gasteiger partial charge in [-0.2, -0.15) is 11.3 Å². The minimum absolute atomic E-state index is 0.179. The van der Waals surface area contributed by atoms with E-state index in [1.165, 1.54) is 5.56 Å². The second-order valence-electron chi connectivity index (χ2n) is 5.23. The van der Waals surface area contributed by atoms with E-state index in [1.807, 2.05) is 35.0 Å². The summed E-state index contributed by atoms with van der Waals surface area (Å²) in [7, 11) is -3.24. The van der Waals surface area contributed by atoms with E-state index >= 15 is 0 Å². The van der Waals surface area contributed by atoms with Crippen molar-refractivity contribution < 1.29 is 13.2 Å². The van der Waals surface area contributed by atoms with E-state index < -0.39 is 15.8 Å². The molecule has 1 aromatic heterocycles. The van der Waals surface area contributed by atoms with Crippen LogP contribution in [0.1, 0.15) is 17.0 Å². The van der Waals surface area contributed by atoms with E-state index in [9.17, 15) is 13.2 Å². The maximum absolute atomic E-state index is 12.4. The molecule has 0 radical (unpaired) electrons. The Morgan fingerprint density at radius 2 is 1.95 bits per heavy atom. The zero-order chi connectivity index (χ0) is 16.0. The van der Waals surface area contributed by atoms with Gasteiger partial charge in [-0.15, -0.1) is 0 Å². The summed E-state index contributed by atoms with van der Waals surface area (Å²) in [4.78, 5) is 12.4. The zero-order valence-corrected chi connectivity index (χ0v) is 14.0. The quantitative estimate of drug-likeness (QED) is 0.843. The van der Waals surface area contributed by atoms with Gasteiger partial charge < -0.3 is 5.32 Å². The molecule has 2 aromatic rings. The molecule has 2 rings (SSSR count). The molecule has 0 aliphatic carbocycles. The number of benzene rings is 1. The Balaban J connectivity index is 2.02.